The maximum Gasteiger partial charge on any atom is 0.136 e. The molecule has 0 radical (unpaired) electrons. The summed E-state index contributed by atoms with van der Waals surface area (Å²) in [4.78, 5) is 4.96. The number of nitrogens with zero attached hydrogens (tertiary/aromatic N) is 1. The number of hydrogen-bond acceptors (Lipinski definition) is 4. The Morgan fingerprint density at radius 3 is 2.94 bits per heavy atom. The van der Waals surface area contributed by atoms with Gasteiger partial charge >= 0.3 is 0 Å². The molecular formula is C13H15N3S2. The molecule has 0 bridgehead atoms. The Balaban J connectivity index is 2.41. The van der Waals surface area contributed by atoms with Crippen LogP contribution in [0.2, 0.25) is 0 Å². The van der Waals surface area contributed by atoms with E-state index in [1.807, 2.05) is 30.3 Å². The SMILES string of the molecule is CSCCNc1nc2ccccc2cc1C(N)=S. The van der Waals surface area contributed by atoms with Gasteiger partial charge in [0.1, 0.15) is 10.8 Å². The molecule has 0 fully saturated rings. The smallest absolute Gasteiger partial charge is 0.136 e. The molecule has 2 rings (SSSR count). The molecule has 18 heavy (non-hydrogen) atoms. The summed E-state index contributed by atoms with van der Waals surface area (Å²) in [6.45, 7) is 0.849. The number of nitrogens with two attached hydrogens (primary N) is 1. The van der Waals surface area contributed by atoms with Crippen LogP contribution in [0, 0.1) is 0 Å². The first-order valence-corrected chi connectivity index (χ1v) is 7.45. The molecule has 0 unspecified atom stereocenters. The molecule has 1 aromatic carbocycles. The van der Waals surface area contributed by atoms with Crippen molar-refractivity contribution in [2.75, 3.05) is 23.9 Å². The van der Waals surface area contributed by atoms with Crippen molar-refractivity contribution in [1.82, 2.24) is 4.98 Å². The largest absolute Gasteiger partial charge is 0.389 e. The van der Waals surface area contributed by atoms with Crippen molar-refractivity contribution in [3.63, 3.8) is 0 Å². The minimum absolute atomic E-state index is 0.375. The zero-order valence-corrected chi connectivity index (χ0v) is 11.8. The van der Waals surface area contributed by atoms with Gasteiger partial charge in [0.2, 0.25) is 0 Å². The van der Waals surface area contributed by atoms with Crippen LogP contribution in [0.1, 0.15) is 5.56 Å². The summed E-state index contributed by atoms with van der Waals surface area (Å²) >= 11 is 6.87. The molecule has 0 aliphatic carbocycles. The molecule has 0 spiro atoms. The molecule has 1 aromatic heterocycles. The van der Waals surface area contributed by atoms with Crippen LogP contribution in [0.3, 0.4) is 0 Å². The molecule has 94 valence electrons. The van der Waals surface area contributed by atoms with Crippen LogP contribution in [-0.4, -0.2) is 28.5 Å². The van der Waals surface area contributed by atoms with Crippen molar-refractivity contribution in [2.24, 2.45) is 5.73 Å². The van der Waals surface area contributed by atoms with Gasteiger partial charge in [-0.3, -0.25) is 0 Å². The average molecular weight is 277 g/mol. The van der Waals surface area contributed by atoms with Gasteiger partial charge in [-0.15, -0.1) is 0 Å². The third kappa shape index (κ3) is 2.91. The second-order valence-electron chi connectivity index (χ2n) is 3.86. The van der Waals surface area contributed by atoms with Gasteiger partial charge in [0, 0.05) is 17.7 Å². The summed E-state index contributed by atoms with van der Waals surface area (Å²) in [5.74, 6) is 1.79. The summed E-state index contributed by atoms with van der Waals surface area (Å²) < 4.78 is 0. The molecule has 0 aliphatic heterocycles. The molecule has 3 nitrogen and oxygen atoms in total. The number of anilines is 1. The van der Waals surface area contributed by atoms with Crippen molar-refractivity contribution < 1.29 is 0 Å². The lowest BCUT2D eigenvalue weighted by atomic mass is 10.1. The van der Waals surface area contributed by atoms with Gasteiger partial charge in [0.25, 0.3) is 0 Å². The number of aromatic nitrogens is 1. The minimum atomic E-state index is 0.375. The Hall–Kier alpha value is -1.33. The topological polar surface area (TPSA) is 50.9 Å². The van der Waals surface area contributed by atoms with E-state index in [2.05, 4.69) is 16.6 Å². The van der Waals surface area contributed by atoms with Crippen LogP contribution in [0.25, 0.3) is 10.9 Å². The zero-order chi connectivity index (χ0) is 13.0. The quantitative estimate of drug-likeness (QED) is 0.650. The average Bonchev–Trinajstić information content (AvgIpc) is 2.38. The molecule has 0 amide bonds. The van der Waals surface area contributed by atoms with Crippen molar-refractivity contribution in [3.8, 4) is 0 Å². The third-order valence-electron chi connectivity index (χ3n) is 2.59. The zero-order valence-electron chi connectivity index (χ0n) is 10.1. The Morgan fingerprint density at radius 2 is 2.22 bits per heavy atom. The molecule has 5 heteroatoms. The molecule has 0 atom stereocenters. The van der Waals surface area contributed by atoms with E-state index in [0.717, 1.165) is 34.6 Å². The highest BCUT2D eigenvalue weighted by Gasteiger charge is 2.08. The number of pyridine rings is 1. The third-order valence-corrected chi connectivity index (χ3v) is 3.42. The van der Waals surface area contributed by atoms with Gasteiger partial charge < -0.3 is 11.1 Å². The predicted octanol–water partition coefficient (Wildman–Crippen LogP) is 2.64. The Kier molecular flexibility index (Phi) is 4.38. The van der Waals surface area contributed by atoms with E-state index >= 15 is 0 Å². The first kappa shape index (κ1) is 13.1. The Labute approximate surface area is 116 Å². The van der Waals surface area contributed by atoms with Gasteiger partial charge in [0.05, 0.1) is 11.1 Å². The maximum atomic E-state index is 5.76. The van der Waals surface area contributed by atoms with Crippen molar-refractivity contribution in [2.45, 2.75) is 0 Å². The summed E-state index contributed by atoms with van der Waals surface area (Å²) in [5, 5.41) is 4.34. The minimum Gasteiger partial charge on any atom is -0.389 e. The number of thiocarbonyl (C=S) groups is 1. The number of rotatable bonds is 5. The van der Waals surface area contributed by atoms with E-state index in [0.29, 0.717) is 4.99 Å². The number of hydrogen-bond donors (Lipinski definition) is 2. The van der Waals surface area contributed by atoms with Crippen LogP contribution in [0.4, 0.5) is 5.82 Å². The molecule has 1 heterocycles. The van der Waals surface area contributed by atoms with E-state index in [9.17, 15) is 0 Å². The normalized spacial score (nSPS) is 10.5. The summed E-state index contributed by atoms with van der Waals surface area (Å²) in [7, 11) is 0. The Bertz CT molecular complexity index is 569. The van der Waals surface area contributed by atoms with Crippen LogP contribution < -0.4 is 11.1 Å². The Morgan fingerprint density at radius 1 is 1.44 bits per heavy atom. The molecule has 2 aromatic rings. The van der Waals surface area contributed by atoms with E-state index in [-0.39, 0.29) is 0 Å². The standard InChI is InChI=1S/C13H15N3S2/c1-18-7-6-15-13-10(12(14)17)8-9-4-2-3-5-11(9)16-13/h2-5,8H,6-7H2,1H3,(H2,14,17)(H,15,16). The molecule has 0 aliphatic rings. The first-order valence-electron chi connectivity index (χ1n) is 5.65. The number of para-hydroxylation sites is 1. The second kappa shape index (κ2) is 6.02. The van der Waals surface area contributed by atoms with Crippen molar-refractivity contribution in [1.29, 1.82) is 0 Å². The summed E-state index contributed by atoms with van der Waals surface area (Å²) in [5.41, 5.74) is 7.51. The van der Waals surface area contributed by atoms with Gasteiger partial charge in [-0.2, -0.15) is 11.8 Å². The molecule has 3 N–H and O–H groups in total. The van der Waals surface area contributed by atoms with E-state index < -0.39 is 0 Å². The van der Waals surface area contributed by atoms with Gasteiger partial charge in [-0.25, -0.2) is 4.98 Å². The van der Waals surface area contributed by atoms with E-state index in [4.69, 9.17) is 18.0 Å². The number of nitrogens with one attached hydrogen (secondary N) is 1. The number of fused-ring (bicyclic) bond motifs is 1. The van der Waals surface area contributed by atoms with Crippen molar-refractivity contribution >= 4 is 45.7 Å². The fraction of sp³-hybridized carbons (Fsp3) is 0.231. The lowest BCUT2D eigenvalue weighted by Gasteiger charge is -2.11. The van der Waals surface area contributed by atoms with Crippen LogP contribution >= 0.6 is 24.0 Å². The molecular weight excluding hydrogens is 262 g/mol. The van der Waals surface area contributed by atoms with E-state index in [1.165, 1.54) is 0 Å². The second-order valence-corrected chi connectivity index (χ2v) is 5.29. The van der Waals surface area contributed by atoms with Crippen LogP contribution in [-0.2, 0) is 0 Å². The molecule has 0 saturated heterocycles. The van der Waals surface area contributed by atoms with Crippen molar-refractivity contribution in [3.05, 3.63) is 35.9 Å². The van der Waals surface area contributed by atoms with Crippen LogP contribution in [0.15, 0.2) is 30.3 Å². The first-order chi connectivity index (χ1) is 8.72. The fourth-order valence-electron chi connectivity index (χ4n) is 1.71. The maximum absolute atomic E-state index is 5.76. The lowest BCUT2D eigenvalue weighted by molar-refractivity contribution is 1.18. The van der Waals surface area contributed by atoms with E-state index in [1.54, 1.807) is 11.8 Å². The lowest BCUT2D eigenvalue weighted by Crippen LogP contribution is -2.15. The summed E-state index contributed by atoms with van der Waals surface area (Å²) in [6, 6.07) is 9.94. The van der Waals surface area contributed by atoms with Gasteiger partial charge in [-0.05, 0) is 18.4 Å². The number of benzene rings is 1. The highest BCUT2D eigenvalue weighted by atomic mass is 32.2. The van der Waals surface area contributed by atoms with Gasteiger partial charge in [-0.1, -0.05) is 30.4 Å². The predicted molar refractivity (Wildman–Crippen MR) is 84.5 cm³/mol. The van der Waals surface area contributed by atoms with Gasteiger partial charge in [0.15, 0.2) is 0 Å². The fourth-order valence-corrected chi connectivity index (χ4v) is 2.17. The van der Waals surface area contributed by atoms with Crippen LogP contribution in [0.5, 0.6) is 0 Å². The highest BCUT2D eigenvalue weighted by molar-refractivity contribution is 7.98. The highest BCUT2D eigenvalue weighted by Crippen LogP contribution is 2.20. The molecule has 0 saturated carbocycles. The summed E-state index contributed by atoms with van der Waals surface area (Å²) in [6.07, 6.45) is 2.07. The number of thioether (sulfide) groups is 1. The monoisotopic (exact) mass is 277 g/mol.